The maximum absolute atomic E-state index is 12.9. The second kappa shape index (κ2) is 11.2. The molecule has 2 aliphatic rings. The van der Waals surface area contributed by atoms with Crippen LogP contribution in [0.4, 0.5) is 5.69 Å². The Kier molecular flexibility index (Phi) is 8.04. The SMILES string of the molecule is CCOc1cc(OCC)c(CN2CCC3(CC2)CC(=O)N(c2ccc(C(=O)O)cc2)C3)c(OCC)c1. The molecule has 1 N–H and O–H groups in total. The van der Waals surface area contributed by atoms with Crippen LogP contribution in [0.1, 0.15) is 56.0 Å². The average Bonchev–Trinajstić information content (AvgIpc) is 3.18. The normalized spacial score (nSPS) is 17.4. The fraction of sp³-hybridized carbons (Fsp3) is 0.500. The Labute approximate surface area is 212 Å². The van der Waals surface area contributed by atoms with E-state index in [1.54, 1.807) is 24.3 Å². The summed E-state index contributed by atoms with van der Waals surface area (Å²) in [6, 6.07) is 10.5. The molecule has 2 aliphatic heterocycles. The number of anilines is 1. The predicted octanol–water partition coefficient (Wildman–Crippen LogP) is 4.60. The number of rotatable bonds is 10. The van der Waals surface area contributed by atoms with E-state index in [4.69, 9.17) is 19.3 Å². The van der Waals surface area contributed by atoms with Crippen LogP contribution in [-0.2, 0) is 11.3 Å². The molecule has 8 nitrogen and oxygen atoms in total. The van der Waals surface area contributed by atoms with Crippen molar-refractivity contribution in [2.45, 2.75) is 46.6 Å². The first-order valence-electron chi connectivity index (χ1n) is 12.8. The van der Waals surface area contributed by atoms with E-state index >= 15 is 0 Å². The van der Waals surface area contributed by atoms with Gasteiger partial charge in [0.25, 0.3) is 0 Å². The van der Waals surface area contributed by atoms with Gasteiger partial charge in [-0.05, 0) is 76.4 Å². The number of nitrogens with zero attached hydrogens (tertiary/aromatic N) is 2. The van der Waals surface area contributed by atoms with Crippen molar-refractivity contribution in [3.05, 3.63) is 47.5 Å². The van der Waals surface area contributed by atoms with E-state index in [0.29, 0.717) is 39.3 Å². The van der Waals surface area contributed by atoms with Crippen molar-refractivity contribution in [1.82, 2.24) is 4.90 Å². The second-order valence-corrected chi connectivity index (χ2v) is 9.48. The van der Waals surface area contributed by atoms with Gasteiger partial charge in [0.05, 0.1) is 30.9 Å². The van der Waals surface area contributed by atoms with Crippen molar-refractivity contribution in [2.24, 2.45) is 5.41 Å². The molecule has 1 amide bonds. The summed E-state index contributed by atoms with van der Waals surface area (Å²) in [5, 5.41) is 9.15. The molecule has 194 valence electrons. The maximum Gasteiger partial charge on any atom is 0.335 e. The van der Waals surface area contributed by atoms with Crippen LogP contribution < -0.4 is 19.1 Å². The number of carbonyl (C=O) groups is 2. The van der Waals surface area contributed by atoms with Gasteiger partial charge >= 0.3 is 5.97 Å². The van der Waals surface area contributed by atoms with Crippen LogP contribution >= 0.6 is 0 Å². The van der Waals surface area contributed by atoms with E-state index in [1.807, 2.05) is 37.8 Å². The molecule has 36 heavy (non-hydrogen) atoms. The molecule has 0 aromatic heterocycles. The topological polar surface area (TPSA) is 88.5 Å². The molecule has 2 aromatic carbocycles. The molecule has 2 saturated heterocycles. The highest BCUT2D eigenvalue weighted by Gasteiger charge is 2.45. The smallest absolute Gasteiger partial charge is 0.335 e. The molecule has 0 aliphatic carbocycles. The minimum absolute atomic E-state index is 0.0522. The number of amides is 1. The van der Waals surface area contributed by atoms with E-state index in [2.05, 4.69) is 4.90 Å². The summed E-state index contributed by atoms with van der Waals surface area (Å²) in [6.07, 6.45) is 2.37. The first-order valence-corrected chi connectivity index (χ1v) is 12.8. The Morgan fingerprint density at radius 1 is 0.944 bits per heavy atom. The predicted molar refractivity (Wildman–Crippen MR) is 137 cm³/mol. The molecule has 8 heteroatoms. The minimum Gasteiger partial charge on any atom is -0.494 e. The zero-order valence-corrected chi connectivity index (χ0v) is 21.4. The summed E-state index contributed by atoms with van der Waals surface area (Å²) >= 11 is 0. The molecule has 0 saturated carbocycles. The van der Waals surface area contributed by atoms with Gasteiger partial charge in [0, 0.05) is 37.3 Å². The number of piperidine rings is 1. The number of ether oxygens (including phenoxy) is 3. The van der Waals surface area contributed by atoms with Crippen LogP contribution in [-0.4, -0.2) is 61.3 Å². The lowest BCUT2D eigenvalue weighted by Crippen LogP contribution is -2.41. The number of carboxylic acids is 1. The van der Waals surface area contributed by atoms with Gasteiger partial charge in [-0.1, -0.05) is 0 Å². The van der Waals surface area contributed by atoms with Crippen LogP contribution in [0.3, 0.4) is 0 Å². The van der Waals surface area contributed by atoms with E-state index in [1.165, 1.54) is 0 Å². The lowest BCUT2D eigenvalue weighted by Gasteiger charge is -2.39. The highest BCUT2D eigenvalue weighted by atomic mass is 16.5. The van der Waals surface area contributed by atoms with E-state index in [0.717, 1.165) is 54.4 Å². The highest BCUT2D eigenvalue weighted by Crippen LogP contribution is 2.44. The number of benzene rings is 2. The van der Waals surface area contributed by atoms with Crippen molar-refractivity contribution in [1.29, 1.82) is 0 Å². The maximum atomic E-state index is 12.9. The molecule has 4 rings (SSSR count). The third-order valence-corrected chi connectivity index (χ3v) is 7.10. The van der Waals surface area contributed by atoms with Crippen molar-refractivity contribution in [3.63, 3.8) is 0 Å². The van der Waals surface area contributed by atoms with Gasteiger partial charge in [0.2, 0.25) is 5.91 Å². The minimum atomic E-state index is -0.967. The van der Waals surface area contributed by atoms with Gasteiger partial charge in [-0.25, -0.2) is 4.79 Å². The second-order valence-electron chi connectivity index (χ2n) is 9.48. The van der Waals surface area contributed by atoms with Crippen LogP contribution in [0.25, 0.3) is 0 Å². The van der Waals surface area contributed by atoms with Gasteiger partial charge in [-0.15, -0.1) is 0 Å². The third-order valence-electron chi connectivity index (χ3n) is 7.10. The third kappa shape index (κ3) is 5.59. The molecule has 0 bridgehead atoms. The Balaban J connectivity index is 1.45. The van der Waals surface area contributed by atoms with Gasteiger partial charge in [-0.3, -0.25) is 9.69 Å². The van der Waals surface area contributed by atoms with Gasteiger partial charge in [0.15, 0.2) is 0 Å². The summed E-state index contributed by atoms with van der Waals surface area (Å²) in [5.74, 6) is 1.46. The highest BCUT2D eigenvalue weighted by molar-refractivity contribution is 5.97. The molecule has 0 unspecified atom stereocenters. The molecule has 2 aromatic rings. The molecule has 1 spiro atoms. The molecular weight excluding hydrogens is 460 g/mol. The van der Waals surface area contributed by atoms with E-state index in [9.17, 15) is 9.59 Å². The number of hydrogen-bond donors (Lipinski definition) is 1. The Morgan fingerprint density at radius 2 is 1.53 bits per heavy atom. The molecular formula is C28H36N2O6. The lowest BCUT2D eigenvalue weighted by atomic mass is 9.77. The first-order chi connectivity index (χ1) is 17.4. The van der Waals surface area contributed by atoms with Crippen LogP contribution in [0.5, 0.6) is 17.2 Å². The van der Waals surface area contributed by atoms with Crippen LogP contribution in [0.2, 0.25) is 0 Å². The first kappa shape index (κ1) is 25.8. The van der Waals surface area contributed by atoms with Gasteiger partial charge in [0.1, 0.15) is 17.2 Å². The quantitative estimate of drug-likeness (QED) is 0.514. The van der Waals surface area contributed by atoms with Crippen molar-refractivity contribution < 1.29 is 28.9 Å². The zero-order valence-electron chi connectivity index (χ0n) is 21.4. The molecule has 0 radical (unpaired) electrons. The average molecular weight is 497 g/mol. The molecule has 2 heterocycles. The van der Waals surface area contributed by atoms with Crippen LogP contribution in [0.15, 0.2) is 36.4 Å². The fourth-order valence-corrected chi connectivity index (χ4v) is 5.23. The summed E-state index contributed by atoms with van der Waals surface area (Å²) in [6.45, 7) is 10.7. The molecule has 2 fully saturated rings. The summed E-state index contributed by atoms with van der Waals surface area (Å²) in [5.41, 5.74) is 1.96. The Morgan fingerprint density at radius 3 is 2.06 bits per heavy atom. The number of carboxylic acid groups (broad SMARTS) is 1. The number of likely N-dealkylation sites (tertiary alicyclic amines) is 1. The summed E-state index contributed by atoms with van der Waals surface area (Å²) < 4.78 is 17.7. The Bertz CT molecular complexity index is 1050. The summed E-state index contributed by atoms with van der Waals surface area (Å²) in [4.78, 5) is 28.3. The lowest BCUT2D eigenvalue weighted by molar-refractivity contribution is -0.118. The zero-order chi connectivity index (χ0) is 25.7. The van der Waals surface area contributed by atoms with Crippen molar-refractivity contribution in [3.8, 4) is 17.2 Å². The number of carbonyl (C=O) groups excluding carboxylic acids is 1. The van der Waals surface area contributed by atoms with Crippen LogP contribution in [0, 0.1) is 5.41 Å². The fourth-order valence-electron chi connectivity index (χ4n) is 5.23. The van der Waals surface area contributed by atoms with Gasteiger partial charge in [-0.2, -0.15) is 0 Å². The standard InChI is InChI=1S/C28H36N2O6/c1-4-34-22-15-24(35-5-2)23(25(16-22)36-6-3)18-29-13-11-28(12-14-29)17-26(31)30(19-28)21-9-7-20(8-10-21)27(32)33/h7-10,15-16H,4-6,11-14,17-19H2,1-3H3,(H,32,33). The summed E-state index contributed by atoms with van der Waals surface area (Å²) in [7, 11) is 0. The largest absolute Gasteiger partial charge is 0.494 e. The van der Waals surface area contributed by atoms with Crippen molar-refractivity contribution in [2.75, 3.05) is 44.4 Å². The van der Waals surface area contributed by atoms with Gasteiger partial charge < -0.3 is 24.2 Å². The monoisotopic (exact) mass is 496 g/mol. The molecule has 0 atom stereocenters. The van der Waals surface area contributed by atoms with E-state index < -0.39 is 5.97 Å². The van der Waals surface area contributed by atoms with E-state index in [-0.39, 0.29) is 16.9 Å². The van der Waals surface area contributed by atoms with Crippen molar-refractivity contribution >= 4 is 17.6 Å². The Hall–Kier alpha value is -3.26. The number of aromatic carboxylic acids is 1. The number of hydrogen-bond acceptors (Lipinski definition) is 6.